The lowest BCUT2D eigenvalue weighted by atomic mass is 9.91. The van der Waals surface area contributed by atoms with E-state index in [9.17, 15) is 4.79 Å². The van der Waals surface area contributed by atoms with Crippen LogP contribution in [0.3, 0.4) is 0 Å². The quantitative estimate of drug-likeness (QED) is 0.749. The Bertz CT molecular complexity index is 273. The Kier molecular flexibility index (Phi) is 6.50. The van der Waals surface area contributed by atoms with Crippen molar-refractivity contribution >= 4 is 17.7 Å². The summed E-state index contributed by atoms with van der Waals surface area (Å²) in [5, 5.41) is 4.00. The zero-order valence-corrected chi connectivity index (χ0v) is 12.8. The summed E-state index contributed by atoms with van der Waals surface area (Å²) in [5.41, 5.74) is 4.95. The summed E-state index contributed by atoms with van der Waals surface area (Å²) in [4.78, 5) is 11.5. The summed E-state index contributed by atoms with van der Waals surface area (Å²) < 4.78 is 0. The molecular formula is C14H28N2OS. The molecule has 4 heteroatoms. The first-order chi connectivity index (χ1) is 8.48. The highest BCUT2D eigenvalue weighted by atomic mass is 32.2. The van der Waals surface area contributed by atoms with Crippen LogP contribution in [0.4, 0.5) is 0 Å². The fraction of sp³-hybridized carbons (Fsp3) is 0.929. The van der Waals surface area contributed by atoms with E-state index in [1.807, 2.05) is 25.6 Å². The smallest absolute Gasteiger partial charge is 0.237 e. The van der Waals surface area contributed by atoms with Crippen LogP contribution in [0.15, 0.2) is 0 Å². The normalized spacial score (nSPS) is 27.7. The van der Waals surface area contributed by atoms with Crippen LogP contribution in [-0.4, -0.2) is 29.0 Å². The lowest BCUT2D eigenvalue weighted by molar-refractivity contribution is -0.123. The lowest BCUT2D eigenvalue weighted by Gasteiger charge is -2.29. The minimum Gasteiger partial charge on any atom is -0.368 e. The highest BCUT2D eigenvalue weighted by Gasteiger charge is 2.30. The predicted octanol–water partition coefficient (Wildman–Crippen LogP) is 2.54. The molecule has 0 aromatic carbocycles. The number of carbonyl (C=O) groups is 1. The van der Waals surface area contributed by atoms with E-state index in [4.69, 9.17) is 5.73 Å². The number of thioether (sulfide) groups is 1. The van der Waals surface area contributed by atoms with Gasteiger partial charge in [0.15, 0.2) is 0 Å². The van der Waals surface area contributed by atoms with E-state index in [0.717, 1.165) is 29.9 Å². The SMILES string of the molecule is CCNC(C)(CCSC1CCCC(C)C1)C(N)=O. The standard InChI is InChI=1S/C14H28N2OS/c1-4-16-14(3,13(15)17)8-9-18-12-7-5-6-11(2)10-12/h11-12,16H,4-10H2,1-3H3,(H2,15,17). The van der Waals surface area contributed by atoms with Crippen LogP contribution in [-0.2, 0) is 4.79 Å². The molecule has 0 saturated heterocycles. The second-order valence-electron chi connectivity index (χ2n) is 5.74. The maximum absolute atomic E-state index is 11.5. The van der Waals surface area contributed by atoms with Gasteiger partial charge in [0.1, 0.15) is 0 Å². The third kappa shape index (κ3) is 4.81. The van der Waals surface area contributed by atoms with Crippen LogP contribution in [0, 0.1) is 5.92 Å². The van der Waals surface area contributed by atoms with Crippen molar-refractivity contribution in [1.29, 1.82) is 0 Å². The topological polar surface area (TPSA) is 55.1 Å². The molecule has 0 aromatic rings. The van der Waals surface area contributed by atoms with Crippen molar-refractivity contribution in [3.8, 4) is 0 Å². The number of nitrogens with two attached hydrogens (primary N) is 1. The number of carbonyl (C=O) groups excluding carboxylic acids is 1. The zero-order valence-electron chi connectivity index (χ0n) is 12.0. The van der Waals surface area contributed by atoms with Gasteiger partial charge in [0.25, 0.3) is 0 Å². The van der Waals surface area contributed by atoms with Crippen molar-refractivity contribution in [3.05, 3.63) is 0 Å². The van der Waals surface area contributed by atoms with E-state index in [1.165, 1.54) is 25.7 Å². The molecule has 3 N–H and O–H groups in total. The summed E-state index contributed by atoms with van der Waals surface area (Å²) in [6, 6.07) is 0. The summed E-state index contributed by atoms with van der Waals surface area (Å²) in [6.45, 7) is 7.06. The lowest BCUT2D eigenvalue weighted by Crippen LogP contribution is -2.53. The van der Waals surface area contributed by atoms with Gasteiger partial charge in [0.2, 0.25) is 5.91 Å². The van der Waals surface area contributed by atoms with Crippen LogP contribution in [0.1, 0.15) is 52.9 Å². The van der Waals surface area contributed by atoms with Gasteiger partial charge < -0.3 is 11.1 Å². The molecule has 1 aliphatic rings. The molecule has 1 rings (SSSR count). The molecule has 18 heavy (non-hydrogen) atoms. The summed E-state index contributed by atoms with van der Waals surface area (Å²) >= 11 is 2.02. The van der Waals surface area contributed by atoms with Gasteiger partial charge in [-0.1, -0.05) is 26.7 Å². The van der Waals surface area contributed by atoms with Crippen molar-refractivity contribution in [1.82, 2.24) is 5.32 Å². The highest BCUT2D eigenvalue weighted by Crippen LogP contribution is 2.32. The molecule has 1 amide bonds. The van der Waals surface area contributed by atoms with Crippen LogP contribution in [0.5, 0.6) is 0 Å². The van der Waals surface area contributed by atoms with Gasteiger partial charge in [-0.05, 0) is 44.4 Å². The Morgan fingerprint density at radius 2 is 2.22 bits per heavy atom. The first kappa shape index (κ1) is 15.8. The van der Waals surface area contributed by atoms with Gasteiger partial charge in [-0.2, -0.15) is 11.8 Å². The number of rotatable bonds is 7. The van der Waals surface area contributed by atoms with Crippen LogP contribution < -0.4 is 11.1 Å². The number of amides is 1. The molecule has 0 aromatic heterocycles. The van der Waals surface area contributed by atoms with Crippen molar-refractivity contribution in [2.45, 2.75) is 63.7 Å². The summed E-state index contributed by atoms with van der Waals surface area (Å²) in [6.07, 6.45) is 6.24. The van der Waals surface area contributed by atoms with E-state index >= 15 is 0 Å². The Hall–Kier alpha value is -0.220. The number of nitrogens with one attached hydrogen (secondary N) is 1. The average Bonchev–Trinajstić information content (AvgIpc) is 2.29. The largest absolute Gasteiger partial charge is 0.368 e. The van der Waals surface area contributed by atoms with Crippen molar-refractivity contribution in [2.75, 3.05) is 12.3 Å². The molecule has 0 aliphatic heterocycles. The fourth-order valence-corrected chi connectivity index (χ4v) is 4.31. The second-order valence-corrected chi connectivity index (χ2v) is 7.15. The van der Waals surface area contributed by atoms with E-state index in [0.29, 0.717) is 0 Å². The van der Waals surface area contributed by atoms with E-state index in [2.05, 4.69) is 12.2 Å². The third-order valence-corrected chi connectivity index (χ3v) is 5.29. The third-order valence-electron chi connectivity index (χ3n) is 3.95. The fourth-order valence-electron chi connectivity index (χ4n) is 2.65. The molecule has 3 unspecified atom stereocenters. The molecule has 1 aliphatic carbocycles. The Morgan fingerprint density at radius 3 is 2.78 bits per heavy atom. The van der Waals surface area contributed by atoms with E-state index in [1.54, 1.807) is 0 Å². The molecule has 1 fully saturated rings. The summed E-state index contributed by atoms with van der Waals surface area (Å²) in [5.74, 6) is 1.65. The molecular weight excluding hydrogens is 244 g/mol. The minimum atomic E-state index is -0.540. The molecule has 0 radical (unpaired) electrons. The predicted molar refractivity (Wildman–Crippen MR) is 79.8 cm³/mol. The van der Waals surface area contributed by atoms with E-state index in [-0.39, 0.29) is 5.91 Å². The van der Waals surface area contributed by atoms with Gasteiger partial charge in [0.05, 0.1) is 5.54 Å². The molecule has 0 heterocycles. The number of hydrogen-bond acceptors (Lipinski definition) is 3. The van der Waals surface area contributed by atoms with Crippen LogP contribution in [0.25, 0.3) is 0 Å². The average molecular weight is 272 g/mol. The first-order valence-electron chi connectivity index (χ1n) is 7.14. The van der Waals surface area contributed by atoms with Crippen molar-refractivity contribution < 1.29 is 4.79 Å². The maximum Gasteiger partial charge on any atom is 0.237 e. The molecule has 3 nitrogen and oxygen atoms in total. The Balaban J connectivity index is 2.32. The van der Waals surface area contributed by atoms with Crippen molar-refractivity contribution in [3.63, 3.8) is 0 Å². The monoisotopic (exact) mass is 272 g/mol. The van der Waals surface area contributed by atoms with Crippen LogP contribution in [0.2, 0.25) is 0 Å². The zero-order chi connectivity index (χ0) is 13.6. The number of primary amides is 1. The van der Waals surface area contributed by atoms with Gasteiger partial charge in [-0.3, -0.25) is 4.79 Å². The molecule has 0 bridgehead atoms. The molecule has 106 valence electrons. The minimum absolute atomic E-state index is 0.234. The van der Waals surface area contributed by atoms with Crippen molar-refractivity contribution in [2.24, 2.45) is 11.7 Å². The van der Waals surface area contributed by atoms with E-state index < -0.39 is 5.54 Å². The Labute approximate surface area is 116 Å². The van der Waals surface area contributed by atoms with Gasteiger partial charge in [-0.15, -0.1) is 0 Å². The number of likely N-dealkylation sites (N-methyl/N-ethyl adjacent to an activating group) is 1. The highest BCUT2D eigenvalue weighted by molar-refractivity contribution is 7.99. The maximum atomic E-state index is 11.5. The second kappa shape index (κ2) is 7.39. The van der Waals surface area contributed by atoms with Gasteiger partial charge >= 0.3 is 0 Å². The molecule has 3 atom stereocenters. The van der Waals surface area contributed by atoms with Crippen LogP contribution >= 0.6 is 11.8 Å². The Morgan fingerprint density at radius 1 is 1.50 bits per heavy atom. The van der Waals surface area contributed by atoms with Gasteiger partial charge in [0, 0.05) is 5.25 Å². The van der Waals surface area contributed by atoms with Gasteiger partial charge in [-0.25, -0.2) is 0 Å². The number of hydrogen-bond donors (Lipinski definition) is 2. The first-order valence-corrected chi connectivity index (χ1v) is 8.19. The summed E-state index contributed by atoms with van der Waals surface area (Å²) in [7, 11) is 0. The molecule has 1 saturated carbocycles. The molecule has 0 spiro atoms.